The third-order valence-corrected chi connectivity index (χ3v) is 4.87. The molecule has 1 aromatic carbocycles. The number of halogens is 1. The van der Waals surface area contributed by atoms with Crippen molar-refractivity contribution in [3.05, 3.63) is 55.7 Å². The van der Waals surface area contributed by atoms with Gasteiger partial charge in [0.25, 0.3) is 0 Å². The number of rotatable bonds is 4. The van der Waals surface area contributed by atoms with Gasteiger partial charge in [0.05, 0.1) is 4.88 Å². The van der Waals surface area contributed by atoms with Crippen molar-refractivity contribution < 1.29 is 4.79 Å². The molecule has 0 aliphatic heterocycles. The molecule has 0 aliphatic rings. The molecule has 94 valence electrons. The smallest absolute Gasteiger partial charge is 0.204 e. The van der Waals surface area contributed by atoms with Crippen molar-refractivity contribution in [1.29, 1.82) is 0 Å². The summed E-state index contributed by atoms with van der Waals surface area (Å²) in [5, 5.41) is 1.94. The lowest BCUT2D eigenvalue weighted by Crippen LogP contribution is -2.05. The molecule has 0 atom stereocenters. The van der Waals surface area contributed by atoms with E-state index in [4.69, 9.17) is 0 Å². The molecule has 3 heteroatoms. The van der Waals surface area contributed by atoms with Gasteiger partial charge in [-0.25, -0.2) is 0 Å². The van der Waals surface area contributed by atoms with E-state index in [1.54, 1.807) is 0 Å². The minimum absolute atomic E-state index is 0.129. The second-order valence-corrected chi connectivity index (χ2v) is 5.90. The first-order chi connectivity index (χ1) is 8.67. The van der Waals surface area contributed by atoms with Crippen LogP contribution >= 0.6 is 27.3 Å². The zero-order chi connectivity index (χ0) is 13.1. The van der Waals surface area contributed by atoms with Gasteiger partial charge in [0.2, 0.25) is 5.78 Å². The van der Waals surface area contributed by atoms with Crippen LogP contribution in [0.15, 0.2) is 34.1 Å². The summed E-state index contributed by atoms with van der Waals surface area (Å²) in [4.78, 5) is 13.3. The highest BCUT2D eigenvalue weighted by Gasteiger charge is 2.17. The maximum Gasteiger partial charge on any atom is 0.204 e. The normalized spacial score (nSPS) is 10.6. The van der Waals surface area contributed by atoms with Gasteiger partial charge in [-0.2, -0.15) is 0 Å². The fraction of sp³-hybridized carbons (Fsp3) is 0.267. The van der Waals surface area contributed by atoms with Crippen molar-refractivity contribution in [3.8, 4) is 0 Å². The number of hydrogen-bond acceptors (Lipinski definition) is 2. The number of benzene rings is 1. The van der Waals surface area contributed by atoms with Crippen molar-refractivity contribution in [2.24, 2.45) is 0 Å². The van der Waals surface area contributed by atoms with Gasteiger partial charge < -0.3 is 0 Å². The van der Waals surface area contributed by atoms with E-state index in [0.29, 0.717) is 0 Å². The third-order valence-electron chi connectivity index (χ3n) is 3.03. The van der Waals surface area contributed by atoms with Crippen LogP contribution in [-0.4, -0.2) is 5.78 Å². The molecular weight excluding hydrogens is 308 g/mol. The maximum absolute atomic E-state index is 12.6. The van der Waals surface area contributed by atoms with E-state index >= 15 is 0 Å². The SMILES string of the molecule is CCc1ccc(CC)c(C(=O)c2sccc2Br)c1. The van der Waals surface area contributed by atoms with Crippen LogP contribution in [-0.2, 0) is 12.8 Å². The van der Waals surface area contributed by atoms with Crippen molar-refractivity contribution in [2.45, 2.75) is 26.7 Å². The van der Waals surface area contributed by atoms with E-state index in [1.165, 1.54) is 16.9 Å². The second kappa shape index (κ2) is 5.81. The second-order valence-electron chi connectivity index (χ2n) is 4.13. The molecule has 0 saturated carbocycles. The lowest BCUT2D eigenvalue weighted by Gasteiger charge is -2.08. The number of carbonyl (C=O) groups excluding carboxylic acids is 1. The van der Waals surface area contributed by atoms with Gasteiger partial charge in [0.15, 0.2) is 0 Å². The number of carbonyl (C=O) groups is 1. The Hall–Kier alpha value is -0.930. The molecule has 0 saturated heterocycles. The Labute approximate surface area is 120 Å². The van der Waals surface area contributed by atoms with Crippen LogP contribution < -0.4 is 0 Å². The molecule has 2 aromatic rings. The fourth-order valence-electron chi connectivity index (χ4n) is 1.94. The first-order valence-corrected chi connectivity index (χ1v) is 7.74. The number of thiophene rings is 1. The third kappa shape index (κ3) is 2.57. The monoisotopic (exact) mass is 322 g/mol. The Morgan fingerprint density at radius 1 is 1.22 bits per heavy atom. The van der Waals surface area contributed by atoms with Crippen LogP contribution in [0.5, 0.6) is 0 Å². The molecule has 2 rings (SSSR count). The summed E-state index contributed by atoms with van der Waals surface area (Å²) in [7, 11) is 0. The highest BCUT2D eigenvalue weighted by atomic mass is 79.9. The molecule has 1 aromatic heterocycles. The summed E-state index contributed by atoms with van der Waals surface area (Å²) in [5.74, 6) is 0.129. The van der Waals surface area contributed by atoms with E-state index in [1.807, 2.05) is 17.5 Å². The van der Waals surface area contributed by atoms with Crippen LogP contribution in [0.2, 0.25) is 0 Å². The molecule has 0 unspecified atom stereocenters. The maximum atomic E-state index is 12.6. The van der Waals surface area contributed by atoms with Crippen molar-refractivity contribution in [1.82, 2.24) is 0 Å². The van der Waals surface area contributed by atoms with Crippen molar-refractivity contribution in [2.75, 3.05) is 0 Å². The Morgan fingerprint density at radius 2 is 2.00 bits per heavy atom. The fourth-order valence-corrected chi connectivity index (χ4v) is 3.45. The van der Waals surface area contributed by atoms with Gasteiger partial charge in [-0.1, -0.05) is 26.0 Å². The van der Waals surface area contributed by atoms with Gasteiger partial charge in [-0.15, -0.1) is 11.3 Å². The predicted octanol–water partition coefficient (Wildman–Crippen LogP) is 4.87. The Kier molecular flexibility index (Phi) is 4.36. The van der Waals surface area contributed by atoms with Gasteiger partial charge in [0.1, 0.15) is 0 Å². The molecule has 0 amide bonds. The van der Waals surface area contributed by atoms with Crippen LogP contribution in [0.4, 0.5) is 0 Å². The quantitative estimate of drug-likeness (QED) is 0.734. The summed E-state index contributed by atoms with van der Waals surface area (Å²) in [6.45, 7) is 4.19. The van der Waals surface area contributed by atoms with E-state index in [0.717, 1.165) is 33.3 Å². The molecule has 1 heterocycles. The molecular formula is C15H15BrOS. The van der Waals surface area contributed by atoms with Crippen LogP contribution in [0.3, 0.4) is 0 Å². The Morgan fingerprint density at radius 3 is 2.56 bits per heavy atom. The summed E-state index contributed by atoms with van der Waals surface area (Å²) < 4.78 is 0.890. The minimum atomic E-state index is 0.129. The van der Waals surface area contributed by atoms with Gasteiger partial charge >= 0.3 is 0 Å². The van der Waals surface area contributed by atoms with Gasteiger partial charge in [-0.3, -0.25) is 4.79 Å². The summed E-state index contributed by atoms with van der Waals surface area (Å²) in [5.41, 5.74) is 3.18. The summed E-state index contributed by atoms with van der Waals surface area (Å²) in [6.07, 6.45) is 1.84. The molecule has 0 radical (unpaired) electrons. The van der Waals surface area contributed by atoms with E-state index in [9.17, 15) is 4.79 Å². The van der Waals surface area contributed by atoms with Gasteiger partial charge in [0, 0.05) is 10.0 Å². The molecule has 18 heavy (non-hydrogen) atoms. The average Bonchev–Trinajstić information content (AvgIpc) is 2.83. The van der Waals surface area contributed by atoms with Gasteiger partial charge in [-0.05, 0) is 57.4 Å². The van der Waals surface area contributed by atoms with Crippen molar-refractivity contribution >= 4 is 33.0 Å². The number of hydrogen-bond donors (Lipinski definition) is 0. The summed E-state index contributed by atoms with van der Waals surface area (Å²) in [6, 6.07) is 8.15. The predicted molar refractivity (Wildman–Crippen MR) is 80.6 cm³/mol. The standard InChI is InChI=1S/C15H15BrOS/c1-3-10-5-6-11(4-2)12(9-10)14(17)15-13(16)7-8-18-15/h5-9H,3-4H2,1-2H3. The molecule has 0 fully saturated rings. The Balaban J connectivity index is 2.49. The molecule has 1 nitrogen and oxygen atoms in total. The molecule has 0 spiro atoms. The van der Waals surface area contributed by atoms with E-state index in [2.05, 4.69) is 41.9 Å². The van der Waals surface area contributed by atoms with Crippen LogP contribution in [0.1, 0.15) is 40.2 Å². The zero-order valence-corrected chi connectivity index (χ0v) is 12.9. The minimum Gasteiger partial charge on any atom is -0.288 e. The lowest BCUT2D eigenvalue weighted by molar-refractivity contribution is 0.104. The number of ketones is 1. The number of aryl methyl sites for hydroxylation is 2. The van der Waals surface area contributed by atoms with E-state index in [-0.39, 0.29) is 5.78 Å². The average molecular weight is 323 g/mol. The van der Waals surface area contributed by atoms with Crippen LogP contribution in [0, 0.1) is 0 Å². The van der Waals surface area contributed by atoms with Crippen LogP contribution in [0.25, 0.3) is 0 Å². The lowest BCUT2D eigenvalue weighted by atomic mass is 9.97. The highest BCUT2D eigenvalue weighted by molar-refractivity contribution is 9.10. The largest absolute Gasteiger partial charge is 0.288 e. The molecule has 0 bridgehead atoms. The van der Waals surface area contributed by atoms with Crippen molar-refractivity contribution in [3.63, 3.8) is 0 Å². The Bertz CT molecular complexity index is 572. The molecule has 0 aliphatic carbocycles. The topological polar surface area (TPSA) is 17.1 Å². The first-order valence-electron chi connectivity index (χ1n) is 6.06. The highest BCUT2D eigenvalue weighted by Crippen LogP contribution is 2.27. The molecule has 0 N–H and O–H groups in total. The van der Waals surface area contributed by atoms with E-state index < -0.39 is 0 Å². The first kappa shape index (κ1) is 13.5. The zero-order valence-electron chi connectivity index (χ0n) is 10.5. The summed E-state index contributed by atoms with van der Waals surface area (Å²) >= 11 is 4.92.